The van der Waals surface area contributed by atoms with Crippen LogP contribution in [-0.2, 0) is 12.8 Å². The zero-order valence-electron chi connectivity index (χ0n) is 11.9. The van der Waals surface area contributed by atoms with E-state index in [2.05, 4.69) is 20.9 Å². The molecule has 1 aliphatic carbocycles. The minimum absolute atomic E-state index is 0.407. The van der Waals surface area contributed by atoms with Crippen molar-refractivity contribution >= 4 is 21.6 Å². The van der Waals surface area contributed by atoms with Crippen molar-refractivity contribution in [1.29, 1.82) is 5.41 Å². The Balaban J connectivity index is 2.21. The minimum Gasteiger partial charge on any atom is -0.497 e. The lowest BCUT2D eigenvalue weighted by molar-refractivity contribution is 0.393. The maximum absolute atomic E-state index is 8.54. The fraction of sp³-hybridized carbons (Fsp3) is 0.250. The zero-order chi connectivity index (χ0) is 15.0. The number of halogens is 1. The first kappa shape index (κ1) is 14.1. The van der Waals surface area contributed by atoms with Crippen LogP contribution in [0.2, 0.25) is 0 Å². The second-order valence-corrected chi connectivity index (χ2v) is 5.82. The molecule has 3 rings (SSSR count). The van der Waals surface area contributed by atoms with Crippen molar-refractivity contribution in [3.05, 3.63) is 51.3 Å². The molecule has 1 aromatic heterocycles. The molecule has 0 aliphatic heterocycles. The van der Waals surface area contributed by atoms with Gasteiger partial charge in [0.2, 0.25) is 0 Å². The Bertz CT molecular complexity index is 728. The number of benzene rings is 1. The molecule has 1 aliphatic rings. The molecule has 0 fully saturated rings. The van der Waals surface area contributed by atoms with Crippen molar-refractivity contribution in [2.24, 2.45) is 0 Å². The zero-order valence-corrected chi connectivity index (χ0v) is 13.5. The predicted octanol–water partition coefficient (Wildman–Crippen LogP) is 3.38. The summed E-state index contributed by atoms with van der Waals surface area (Å²) in [6.45, 7) is 0. The molecule has 0 saturated heterocycles. The van der Waals surface area contributed by atoms with Gasteiger partial charge in [0.25, 0.3) is 0 Å². The lowest BCUT2D eigenvalue weighted by Crippen LogP contribution is -2.09. The summed E-state index contributed by atoms with van der Waals surface area (Å²) in [5, 5.41) is 8.54. The Hall–Kier alpha value is -1.88. The maximum atomic E-state index is 8.54. The quantitative estimate of drug-likeness (QED) is 0.906. The second kappa shape index (κ2) is 5.48. The lowest BCUT2D eigenvalue weighted by Gasteiger charge is -2.14. The van der Waals surface area contributed by atoms with Gasteiger partial charge in [-0.15, -0.1) is 0 Å². The number of fused-ring (bicyclic) bond motifs is 2. The molecule has 1 heterocycles. The van der Waals surface area contributed by atoms with Crippen molar-refractivity contribution < 1.29 is 9.47 Å². The molecule has 21 heavy (non-hydrogen) atoms. The van der Waals surface area contributed by atoms with Gasteiger partial charge in [-0.05, 0) is 52.0 Å². The Morgan fingerprint density at radius 2 is 1.86 bits per heavy atom. The molecule has 1 aromatic carbocycles. The van der Waals surface area contributed by atoms with Crippen molar-refractivity contribution in [3.63, 3.8) is 0 Å². The fourth-order valence-corrected chi connectivity index (χ4v) is 3.07. The molecule has 0 radical (unpaired) electrons. The van der Waals surface area contributed by atoms with E-state index in [4.69, 9.17) is 14.9 Å². The summed E-state index contributed by atoms with van der Waals surface area (Å²) in [6.07, 6.45) is 3.40. The number of aromatic nitrogens is 1. The van der Waals surface area contributed by atoms with Crippen molar-refractivity contribution in [2.45, 2.75) is 12.8 Å². The maximum Gasteiger partial charge on any atom is 0.132 e. The molecule has 4 nitrogen and oxygen atoms in total. The highest BCUT2D eigenvalue weighted by molar-refractivity contribution is 9.10. The van der Waals surface area contributed by atoms with Crippen molar-refractivity contribution in [1.82, 2.24) is 4.98 Å². The van der Waals surface area contributed by atoms with Crippen LogP contribution in [0.1, 0.15) is 22.4 Å². The summed E-state index contributed by atoms with van der Waals surface area (Å²) in [7, 11) is 3.25. The van der Waals surface area contributed by atoms with E-state index in [0.717, 1.165) is 45.4 Å². The van der Waals surface area contributed by atoms with Gasteiger partial charge in [-0.3, -0.25) is 10.4 Å². The molecule has 0 unspecified atom stereocenters. The SMILES string of the molecule is COc1cc2c(c(OC)c1)C(=N)c1ncc(Br)cc1CC2. The highest BCUT2D eigenvalue weighted by Gasteiger charge is 2.24. The van der Waals surface area contributed by atoms with E-state index in [1.54, 1.807) is 20.4 Å². The third-order valence-corrected chi connectivity index (χ3v) is 4.13. The van der Waals surface area contributed by atoms with Crippen LogP contribution in [0.25, 0.3) is 0 Å². The van der Waals surface area contributed by atoms with E-state index in [9.17, 15) is 0 Å². The minimum atomic E-state index is 0.407. The topological polar surface area (TPSA) is 55.2 Å². The summed E-state index contributed by atoms with van der Waals surface area (Å²) in [5.74, 6) is 1.41. The van der Waals surface area contributed by atoms with Crippen LogP contribution < -0.4 is 9.47 Å². The van der Waals surface area contributed by atoms with Crippen LogP contribution >= 0.6 is 15.9 Å². The first-order valence-electron chi connectivity index (χ1n) is 6.62. The Kier molecular flexibility index (Phi) is 3.68. The number of nitrogens with zero attached hydrogens (tertiary/aromatic N) is 1. The first-order valence-corrected chi connectivity index (χ1v) is 7.42. The van der Waals surface area contributed by atoms with Gasteiger partial charge in [0.1, 0.15) is 11.5 Å². The second-order valence-electron chi connectivity index (χ2n) is 4.90. The highest BCUT2D eigenvalue weighted by Crippen LogP contribution is 2.34. The van der Waals surface area contributed by atoms with E-state index >= 15 is 0 Å². The number of aryl methyl sites for hydroxylation is 2. The van der Waals surface area contributed by atoms with Crippen LogP contribution in [0.3, 0.4) is 0 Å². The highest BCUT2D eigenvalue weighted by atomic mass is 79.9. The number of methoxy groups -OCH3 is 2. The Morgan fingerprint density at radius 3 is 2.57 bits per heavy atom. The summed E-state index contributed by atoms with van der Waals surface area (Å²) in [4.78, 5) is 4.42. The average molecular weight is 347 g/mol. The summed E-state index contributed by atoms with van der Waals surface area (Å²) >= 11 is 3.44. The van der Waals surface area contributed by atoms with Gasteiger partial charge in [0, 0.05) is 22.3 Å². The van der Waals surface area contributed by atoms with Crippen LogP contribution in [0.15, 0.2) is 28.9 Å². The number of hydrogen-bond donors (Lipinski definition) is 1. The summed E-state index contributed by atoms with van der Waals surface area (Å²) in [5.41, 5.74) is 4.08. The monoisotopic (exact) mass is 346 g/mol. The molecule has 0 atom stereocenters. The van der Waals surface area contributed by atoms with Crippen LogP contribution in [0, 0.1) is 5.41 Å². The third-order valence-electron chi connectivity index (χ3n) is 3.70. The van der Waals surface area contributed by atoms with Gasteiger partial charge in [-0.1, -0.05) is 0 Å². The number of hydrogen-bond acceptors (Lipinski definition) is 4. The summed E-state index contributed by atoms with van der Waals surface area (Å²) in [6, 6.07) is 5.83. The Labute approximate surface area is 131 Å². The smallest absolute Gasteiger partial charge is 0.132 e. The number of rotatable bonds is 2. The fourth-order valence-electron chi connectivity index (χ4n) is 2.69. The van der Waals surface area contributed by atoms with Gasteiger partial charge in [-0.25, -0.2) is 0 Å². The van der Waals surface area contributed by atoms with Gasteiger partial charge < -0.3 is 9.47 Å². The first-order chi connectivity index (χ1) is 10.1. The van der Waals surface area contributed by atoms with E-state index < -0.39 is 0 Å². The third kappa shape index (κ3) is 2.42. The van der Waals surface area contributed by atoms with Gasteiger partial charge in [0.15, 0.2) is 0 Å². The molecule has 108 valence electrons. The molecule has 1 N–H and O–H groups in total. The molecule has 2 aromatic rings. The lowest BCUT2D eigenvalue weighted by atomic mass is 9.99. The average Bonchev–Trinajstić information content (AvgIpc) is 2.63. The number of ether oxygens (including phenoxy) is 2. The molecule has 0 spiro atoms. The van der Waals surface area contributed by atoms with Crippen molar-refractivity contribution in [2.75, 3.05) is 14.2 Å². The molecule has 0 saturated carbocycles. The molecular weight excluding hydrogens is 332 g/mol. The van der Waals surface area contributed by atoms with Crippen LogP contribution in [0.4, 0.5) is 0 Å². The molecule has 0 bridgehead atoms. The number of nitrogens with one attached hydrogen (secondary N) is 1. The molecule has 5 heteroatoms. The van der Waals surface area contributed by atoms with E-state index in [1.165, 1.54) is 0 Å². The standard InChI is InChI=1S/C16H15BrN2O2/c1-20-12-6-9-3-4-10-5-11(17)8-19-16(10)15(18)14(9)13(7-12)21-2/h5-8,18H,3-4H2,1-2H3. The molecular formula is C16H15BrN2O2. The predicted molar refractivity (Wildman–Crippen MR) is 84.8 cm³/mol. The van der Waals surface area contributed by atoms with Crippen molar-refractivity contribution in [3.8, 4) is 11.5 Å². The van der Waals surface area contributed by atoms with Gasteiger partial charge in [0.05, 0.1) is 25.6 Å². The van der Waals surface area contributed by atoms with Crippen LogP contribution in [0.5, 0.6) is 11.5 Å². The molecule has 0 amide bonds. The largest absolute Gasteiger partial charge is 0.497 e. The van der Waals surface area contributed by atoms with E-state index in [0.29, 0.717) is 11.5 Å². The van der Waals surface area contributed by atoms with Gasteiger partial charge in [-0.2, -0.15) is 0 Å². The number of pyridine rings is 1. The summed E-state index contributed by atoms with van der Waals surface area (Å²) < 4.78 is 11.7. The van der Waals surface area contributed by atoms with Gasteiger partial charge >= 0.3 is 0 Å². The van der Waals surface area contributed by atoms with E-state index in [-0.39, 0.29) is 0 Å². The van der Waals surface area contributed by atoms with Crippen LogP contribution in [-0.4, -0.2) is 24.9 Å². The Morgan fingerprint density at radius 1 is 1.10 bits per heavy atom. The normalized spacial score (nSPS) is 13.2. The van der Waals surface area contributed by atoms with E-state index in [1.807, 2.05) is 18.2 Å².